The minimum atomic E-state index is -0.630. The first-order valence-corrected chi connectivity index (χ1v) is 6.43. The molecule has 0 bridgehead atoms. The summed E-state index contributed by atoms with van der Waals surface area (Å²) in [5.74, 6) is -0.444. The van der Waals surface area contributed by atoms with Crippen molar-refractivity contribution in [2.24, 2.45) is 5.16 Å². The normalized spacial score (nSPS) is 17.8. The molecule has 2 rings (SSSR count). The van der Waals surface area contributed by atoms with Gasteiger partial charge in [-0.2, -0.15) is 0 Å². The summed E-state index contributed by atoms with van der Waals surface area (Å²) in [6.07, 6.45) is -0.314. The molecule has 1 heterocycles. The van der Waals surface area contributed by atoms with Crippen LogP contribution in [0.2, 0.25) is 0 Å². The van der Waals surface area contributed by atoms with Crippen LogP contribution >= 0.6 is 0 Å². The topological polar surface area (TPSA) is 41.9 Å². The van der Waals surface area contributed by atoms with E-state index in [4.69, 9.17) is 4.84 Å². The van der Waals surface area contributed by atoms with E-state index in [1.165, 1.54) is 6.07 Å². The van der Waals surface area contributed by atoms with E-state index in [2.05, 4.69) is 5.16 Å². The molecular formula is C14H17FN2O2. The Morgan fingerprint density at radius 1 is 1.42 bits per heavy atom. The third kappa shape index (κ3) is 2.75. The minimum absolute atomic E-state index is 0.0971. The molecule has 1 atom stereocenters. The third-order valence-electron chi connectivity index (χ3n) is 3.20. The maximum Gasteiger partial charge on any atom is 0.266 e. The Labute approximate surface area is 111 Å². The van der Waals surface area contributed by atoms with Crippen LogP contribution in [0.15, 0.2) is 29.4 Å². The van der Waals surface area contributed by atoms with Gasteiger partial charge < -0.3 is 9.74 Å². The maximum atomic E-state index is 13.6. The summed E-state index contributed by atoms with van der Waals surface area (Å²) in [4.78, 5) is 18.9. The van der Waals surface area contributed by atoms with Crippen molar-refractivity contribution in [3.63, 3.8) is 0 Å². The van der Waals surface area contributed by atoms with E-state index in [0.29, 0.717) is 30.8 Å². The number of hydrogen-bond donors (Lipinski definition) is 0. The van der Waals surface area contributed by atoms with Crippen molar-refractivity contribution in [1.82, 2.24) is 4.90 Å². The first kappa shape index (κ1) is 13.5. The van der Waals surface area contributed by atoms with Gasteiger partial charge in [-0.3, -0.25) is 4.79 Å². The van der Waals surface area contributed by atoms with Gasteiger partial charge >= 0.3 is 0 Å². The fraction of sp³-hybridized carbons (Fsp3) is 0.429. The molecule has 0 saturated heterocycles. The Kier molecular flexibility index (Phi) is 4.14. The van der Waals surface area contributed by atoms with Crippen molar-refractivity contribution in [1.29, 1.82) is 0 Å². The fourth-order valence-corrected chi connectivity index (χ4v) is 2.10. The van der Waals surface area contributed by atoms with E-state index in [1.807, 2.05) is 13.8 Å². The van der Waals surface area contributed by atoms with E-state index in [1.54, 1.807) is 23.1 Å². The Morgan fingerprint density at radius 2 is 2.11 bits per heavy atom. The number of likely N-dealkylation sites (N-methyl/N-ethyl adjacent to an activating group) is 1. The summed E-state index contributed by atoms with van der Waals surface area (Å²) in [6.45, 7) is 5.08. The Bertz CT molecular complexity index is 498. The highest BCUT2D eigenvalue weighted by molar-refractivity contribution is 6.04. The lowest BCUT2D eigenvalue weighted by Crippen LogP contribution is -2.39. The summed E-state index contributed by atoms with van der Waals surface area (Å²) < 4.78 is 13.6. The molecule has 1 aliphatic rings. The van der Waals surface area contributed by atoms with Gasteiger partial charge in [-0.15, -0.1) is 0 Å². The molecule has 0 fully saturated rings. The average Bonchev–Trinajstić information content (AvgIpc) is 2.90. The highest BCUT2D eigenvalue weighted by Crippen LogP contribution is 2.20. The summed E-state index contributed by atoms with van der Waals surface area (Å²) in [5, 5.41) is 3.85. The van der Waals surface area contributed by atoms with Crippen LogP contribution in [0.5, 0.6) is 0 Å². The SMILES string of the molecule is CCN(CC)C(=O)[C@@H]1CC(c2ccccc2F)=NO1. The van der Waals surface area contributed by atoms with E-state index >= 15 is 0 Å². The number of benzene rings is 1. The smallest absolute Gasteiger partial charge is 0.266 e. The first-order chi connectivity index (χ1) is 9.17. The van der Waals surface area contributed by atoms with Crippen molar-refractivity contribution in [3.05, 3.63) is 35.6 Å². The third-order valence-corrected chi connectivity index (χ3v) is 3.20. The molecule has 0 radical (unpaired) electrons. The number of oxime groups is 1. The molecule has 0 saturated carbocycles. The van der Waals surface area contributed by atoms with Crippen LogP contribution in [0.25, 0.3) is 0 Å². The van der Waals surface area contributed by atoms with Crippen LogP contribution < -0.4 is 0 Å². The largest absolute Gasteiger partial charge is 0.382 e. The van der Waals surface area contributed by atoms with Crippen LogP contribution in [0.1, 0.15) is 25.8 Å². The highest BCUT2D eigenvalue weighted by atomic mass is 19.1. The molecule has 0 spiro atoms. The van der Waals surface area contributed by atoms with Crippen LogP contribution in [0, 0.1) is 5.82 Å². The predicted octanol–water partition coefficient (Wildman–Crippen LogP) is 2.19. The van der Waals surface area contributed by atoms with E-state index < -0.39 is 6.10 Å². The average molecular weight is 264 g/mol. The second-order valence-electron chi connectivity index (χ2n) is 4.33. The molecule has 0 aliphatic carbocycles. The first-order valence-electron chi connectivity index (χ1n) is 6.43. The predicted molar refractivity (Wildman–Crippen MR) is 70.4 cm³/mol. The summed E-state index contributed by atoms with van der Waals surface area (Å²) >= 11 is 0. The van der Waals surface area contributed by atoms with Gasteiger partial charge in [0.15, 0.2) is 0 Å². The molecule has 0 unspecified atom stereocenters. The van der Waals surface area contributed by atoms with Gasteiger partial charge in [0.25, 0.3) is 5.91 Å². The van der Waals surface area contributed by atoms with Crippen LogP contribution in [0.3, 0.4) is 0 Å². The zero-order chi connectivity index (χ0) is 13.8. The molecule has 0 aromatic heterocycles. The minimum Gasteiger partial charge on any atom is -0.382 e. The second-order valence-corrected chi connectivity index (χ2v) is 4.33. The van der Waals surface area contributed by atoms with Crippen molar-refractivity contribution < 1.29 is 14.0 Å². The standard InChI is InChI=1S/C14H17FN2O2/c1-3-17(4-2)14(18)13-9-12(16-19-13)10-7-5-6-8-11(10)15/h5-8,13H,3-4,9H2,1-2H3/t13-/m0/s1. The molecule has 5 heteroatoms. The number of rotatable bonds is 4. The maximum absolute atomic E-state index is 13.6. The molecule has 0 N–H and O–H groups in total. The number of amides is 1. The molecule has 1 amide bonds. The van der Waals surface area contributed by atoms with Gasteiger partial charge in [-0.05, 0) is 19.9 Å². The summed E-state index contributed by atoms with van der Waals surface area (Å²) in [6, 6.07) is 6.37. The number of nitrogens with zero attached hydrogens (tertiary/aromatic N) is 2. The van der Waals surface area contributed by atoms with Crippen molar-refractivity contribution in [3.8, 4) is 0 Å². The molecule has 4 nitrogen and oxygen atoms in total. The summed E-state index contributed by atoms with van der Waals surface area (Å²) in [7, 11) is 0. The lowest BCUT2D eigenvalue weighted by Gasteiger charge is -2.20. The zero-order valence-corrected chi connectivity index (χ0v) is 11.1. The van der Waals surface area contributed by atoms with Gasteiger partial charge in [0.1, 0.15) is 5.82 Å². The van der Waals surface area contributed by atoms with Crippen LogP contribution in [-0.4, -0.2) is 35.7 Å². The highest BCUT2D eigenvalue weighted by Gasteiger charge is 2.32. The zero-order valence-electron chi connectivity index (χ0n) is 11.1. The van der Waals surface area contributed by atoms with Gasteiger partial charge in [0.05, 0.1) is 5.71 Å². The number of hydrogen-bond acceptors (Lipinski definition) is 3. The number of halogens is 1. The molecule has 1 aromatic carbocycles. The molecule has 1 aromatic rings. The lowest BCUT2D eigenvalue weighted by atomic mass is 10.0. The van der Waals surface area contributed by atoms with E-state index in [0.717, 1.165) is 0 Å². The molecule has 19 heavy (non-hydrogen) atoms. The van der Waals surface area contributed by atoms with Crippen molar-refractivity contribution in [2.45, 2.75) is 26.4 Å². The van der Waals surface area contributed by atoms with Gasteiger partial charge in [-0.25, -0.2) is 4.39 Å². The van der Waals surface area contributed by atoms with Crippen LogP contribution in [0.4, 0.5) is 4.39 Å². The summed E-state index contributed by atoms with van der Waals surface area (Å²) in [5.41, 5.74) is 0.890. The Balaban J connectivity index is 2.08. The number of carbonyl (C=O) groups excluding carboxylic acids is 1. The molecule has 102 valence electrons. The Morgan fingerprint density at radius 3 is 2.74 bits per heavy atom. The Hall–Kier alpha value is -1.91. The number of carbonyl (C=O) groups is 1. The molecular weight excluding hydrogens is 247 g/mol. The monoisotopic (exact) mass is 264 g/mol. The van der Waals surface area contributed by atoms with Crippen molar-refractivity contribution in [2.75, 3.05) is 13.1 Å². The van der Waals surface area contributed by atoms with Crippen molar-refractivity contribution >= 4 is 11.6 Å². The quantitative estimate of drug-likeness (QED) is 0.836. The second kappa shape index (κ2) is 5.82. The van der Waals surface area contributed by atoms with Gasteiger partial charge in [0, 0.05) is 25.1 Å². The fourth-order valence-electron chi connectivity index (χ4n) is 2.10. The van der Waals surface area contributed by atoms with Crippen LogP contribution in [-0.2, 0) is 9.63 Å². The van der Waals surface area contributed by atoms with E-state index in [9.17, 15) is 9.18 Å². The lowest BCUT2D eigenvalue weighted by molar-refractivity contribution is -0.141. The molecule has 1 aliphatic heterocycles. The van der Waals surface area contributed by atoms with Gasteiger partial charge in [0.2, 0.25) is 6.10 Å². The van der Waals surface area contributed by atoms with E-state index in [-0.39, 0.29) is 11.7 Å². The van der Waals surface area contributed by atoms with Gasteiger partial charge in [-0.1, -0.05) is 23.4 Å².